The second-order valence-electron chi connectivity index (χ2n) is 10.5. The maximum Gasteiger partial charge on any atom is 0.416 e. The van der Waals surface area contributed by atoms with Crippen molar-refractivity contribution >= 4 is 34.3 Å². The van der Waals surface area contributed by atoms with Gasteiger partial charge in [0.2, 0.25) is 0 Å². The van der Waals surface area contributed by atoms with E-state index in [1.165, 1.54) is 23.9 Å². The monoisotopic (exact) mass is 515 g/mol. The fourth-order valence-electron chi connectivity index (χ4n) is 4.79. The Morgan fingerprint density at radius 1 is 1.06 bits per heavy atom. The van der Waals surface area contributed by atoms with Crippen molar-refractivity contribution in [3.63, 3.8) is 0 Å². The highest BCUT2D eigenvalue weighted by atomic mass is 32.2. The van der Waals surface area contributed by atoms with Crippen LogP contribution in [0.3, 0.4) is 0 Å². The number of carbonyl (C=O) groups is 1. The molecule has 0 unspecified atom stereocenters. The highest BCUT2D eigenvalue weighted by Gasteiger charge is 2.33. The lowest BCUT2D eigenvalue weighted by Crippen LogP contribution is -2.29. The number of fused-ring (bicyclic) bond motifs is 1. The first-order valence-corrected chi connectivity index (χ1v) is 13.1. The van der Waals surface area contributed by atoms with Gasteiger partial charge in [-0.05, 0) is 66.8 Å². The molecule has 0 atom stereocenters. The van der Waals surface area contributed by atoms with E-state index in [9.17, 15) is 18.0 Å². The summed E-state index contributed by atoms with van der Waals surface area (Å²) in [5.41, 5.74) is 0.911. The summed E-state index contributed by atoms with van der Waals surface area (Å²) in [6, 6.07) is 10.8. The standard InChI is InChI=1S/C28H32F3N3OS/c1-27(2,3)20-9-11-22(12-10-20)36-25-15-21(28(29,30)31)8-7-19(25)17-33-26(35)34-24-6-4-5-18-16-32-14-13-23(18)24/h4-8,13-16,20,22H,9-12,17H2,1-3H3,(H2,33,34,35). The minimum Gasteiger partial charge on any atom is -0.334 e. The third-order valence-electron chi connectivity index (χ3n) is 6.96. The van der Waals surface area contributed by atoms with Gasteiger partial charge in [0.1, 0.15) is 0 Å². The smallest absolute Gasteiger partial charge is 0.334 e. The second kappa shape index (κ2) is 10.7. The molecule has 2 aromatic carbocycles. The summed E-state index contributed by atoms with van der Waals surface area (Å²) in [6.45, 7) is 6.89. The van der Waals surface area contributed by atoms with Crippen LogP contribution in [0.25, 0.3) is 10.8 Å². The summed E-state index contributed by atoms with van der Waals surface area (Å²) < 4.78 is 40.4. The van der Waals surface area contributed by atoms with Crippen LogP contribution in [-0.4, -0.2) is 16.3 Å². The number of pyridine rings is 1. The summed E-state index contributed by atoms with van der Waals surface area (Å²) in [5.74, 6) is 0.630. The summed E-state index contributed by atoms with van der Waals surface area (Å²) in [7, 11) is 0. The number of hydrogen-bond acceptors (Lipinski definition) is 3. The predicted octanol–water partition coefficient (Wildman–Crippen LogP) is 8.27. The topological polar surface area (TPSA) is 54.0 Å². The van der Waals surface area contributed by atoms with E-state index < -0.39 is 17.8 Å². The van der Waals surface area contributed by atoms with Crippen LogP contribution in [0.15, 0.2) is 59.8 Å². The minimum atomic E-state index is -4.41. The molecule has 1 aliphatic carbocycles. The van der Waals surface area contributed by atoms with Gasteiger partial charge in [-0.15, -0.1) is 11.8 Å². The maximum atomic E-state index is 13.5. The number of aromatic nitrogens is 1. The van der Waals surface area contributed by atoms with Gasteiger partial charge in [-0.3, -0.25) is 4.98 Å². The Morgan fingerprint density at radius 2 is 1.81 bits per heavy atom. The largest absolute Gasteiger partial charge is 0.416 e. The molecule has 2 N–H and O–H groups in total. The molecule has 36 heavy (non-hydrogen) atoms. The number of anilines is 1. The van der Waals surface area contributed by atoms with Crippen molar-refractivity contribution in [2.45, 2.75) is 69.3 Å². The van der Waals surface area contributed by atoms with E-state index in [2.05, 4.69) is 36.4 Å². The van der Waals surface area contributed by atoms with Gasteiger partial charge in [0.15, 0.2) is 0 Å². The zero-order valence-electron chi connectivity index (χ0n) is 20.8. The zero-order chi connectivity index (χ0) is 25.9. The predicted molar refractivity (Wildman–Crippen MR) is 140 cm³/mol. The number of alkyl halides is 3. The Balaban J connectivity index is 1.45. The lowest BCUT2D eigenvalue weighted by atomic mass is 9.72. The molecule has 0 saturated heterocycles. The molecule has 0 spiro atoms. The summed E-state index contributed by atoms with van der Waals surface area (Å²) in [4.78, 5) is 17.3. The van der Waals surface area contributed by atoms with Crippen LogP contribution in [0.1, 0.15) is 57.6 Å². The number of carbonyl (C=O) groups excluding carboxylic acids is 1. The van der Waals surface area contributed by atoms with Crippen LogP contribution < -0.4 is 10.6 Å². The molecule has 3 aromatic rings. The molecule has 1 saturated carbocycles. The molecule has 1 heterocycles. The Morgan fingerprint density at radius 3 is 2.50 bits per heavy atom. The van der Waals surface area contributed by atoms with E-state index in [-0.39, 0.29) is 17.2 Å². The van der Waals surface area contributed by atoms with Gasteiger partial charge in [-0.2, -0.15) is 13.2 Å². The van der Waals surface area contributed by atoms with Gasteiger partial charge in [0.05, 0.1) is 11.3 Å². The molecule has 1 fully saturated rings. The Kier molecular flexibility index (Phi) is 7.83. The lowest BCUT2D eigenvalue weighted by Gasteiger charge is -2.37. The van der Waals surface area contributed by atoms with Crippen molar-refractivity contribution < 1.29 is 18.0 Å². The van der Waals surface area contributed by atoms with Gasteiger partial charge in [0.25, 0.3) is 0 Å². The number of thioether (sulfide) groups is 1. The number of halogens is 3. The van der Waals surface area contributed by atoms with Crippen LogP contribution in [0.5, 0.6) is 0 Å². The fourth-order valence-corrected chi connectivity index (χ4v) is 6.14. The highest BCUT2D eigenvalue weighted by molar-refractivity contribution is 8.00. The Hall–Kier alpha value is -2.74. The van der Waals surface area contributed by atoms with Crippen LogP contribution in [0.4, 0.5) is 23.7 Å². The van der Waals surface area contributed by atoms with E-state index in [0.29, 0.717) is 22.1 Å². The molecule has 8 heteroatoms. The molecule has 0 bridgehead atoms. The van der Waals surface area contributed by atoms with Crippen LogP contribution in [0, 0.1) is 11.3 Å². The molecule has 192 valence electrons. The van der Waals surface area contributed by atoms with Crippen LogP contribution in [0.2, 0.25) is 0 Å². The summed E-state index contributed by atoms with van der Waals surface area (Å²) >= 11 is 1.51. The molecule has 2 amide bonds. The molecule has 1 aromatic heterocycles. The Bertz CT molecular complexity index is 1210. The summed E-state index contributed by atoms with van der Waals surface area (Å²) in [6.07, 6.45) is 3.09. The maximum absolute atomic E-state index is 13.5. The van der Waals surface area contributed by atoms with Gasteiger partial charge < -0.3 is 10.6 Å². The van der Waals surface area contributed by atoms with E-state index in [1.54, 1.807) is 18.5 Å². The number of amides is 2. The van der Waals surface area contributed by atoms with Crippen molar-refractivity contribution in [2.24, 2.45) is 11.3 Å². The quantitative estimate of drug-likeness (QED) is 0.360. The first-order chi connectivity index (χ1) is 17.0. The molecular formula is C28H32F3N3OS. The van der Waals surface area contributed by atoms with Gasteiger partial charge >= 0.3 is 12.2 Å². The normalized spacial score (nSPS) is 18.7. The van der Waals surface area contributed by atoms with Gasteiger partial charge in [-0.25, -0.2) is 4.79 Å². The number of urea groups is 1. The highest BCUT2D eigenvalue weighted by Crippen LogP contribution is 2.44. The van der Waals surface area contributed by atoms with E-state index in [1.807, 2.05) is 18.2 Å². The number of rotatable bonds is 5. The van der Waals surface area contributed by atoms with E-state index in [4.69, 9.17) is 0 Å². The van der Waals surface area contributed by atoms with Crippen molar-refractivity contribution in [1.29, 1.82) is 0 Å². The minimum absolute atomic E-state index is 0.135. The average molecular weight is 516 g/mol. The van der Waals surface area contributed by atoms with E-state index >= 15 is 0 Å². The third-order valence-corrected chi connectivity index (χ3v) is 8.39. The lowest BCUT2D eigenvalue weighted by molar-refractivity contribution is -0.137. The SMILES string of the molecule is CC(C)(C)C1CCC(Sc2cc(C(F)(F)F)ccc2CNC(=O)Nc2cccc3cnccc23)CC1. The van der Waals surface area contributed by atoms with Gasteiger partial charge in [0, 0.05) is 39.9 Å². The Labute approximate surface area is 214 Å². The molecular weight excluding hydrogens is 483 g/mol. The molecule has 0 aliphatic heterocycles. The first-order valence-electron chi connectivity index (χ1n) is 12.2. The number of nitrogens with one attached hydrogen (secondary N) is 2. The van der Waals surface area contributed by atoms with Crippen LogP contribution >= 0.6 is 11.8 Å². The molecule has 1 aliphatic rings. The fraction of sp³-hybridized carbons (Fsp3) is 0.429. The van der Waals surface area contributed by atoms with Crippen molar-refractivity contribution in [3.05, 3.63) is 66.0 Å². The number of benzene rings is 2. The van der Waals surface area contributed by atoms with Crippen molar-refractivity contribution in [3.8, 4) is 0 Å². The molecule has 0 radical (unpaired) electrons. The second-order valence-corrected chi connectivity index (χ2v) is 11.8. The van der Waals surface area contributed by atoms with E-state index in [0.717, 1.165) is 42.5 Å². The van der Waals surface area contributed by atoms with Crippen LogP contribution in [-0.2, 0) is 12.7 Å². The molecule has 4 rings (SSSR count). The summed E-state index contributed by atoms with van der Waals surface area (Å²) in [5, 5.41) is 7.69. The van der Waals surface area contributed by atoms with Gasteiger partial charge in [-0.1, -0.05) is 39.0 Å². The number of nitrogens with zero attached hydrogens (tertiary/aromatic N) is 1. The zero-order valence-corrected chi connectivity index (χ0v) is 21.6. The molecule has 4 nitrogen and oxygen atoms in total. The van der Waals surface area contributed by atoms with Crippen molar-refractivity contribution in [1.82, 2.24) is 10.3 Å². The number of hydrogen-bond donors (Lipinski definition) is 2. The first kappa shape index (κ1) is 26.3. The van der Waals surface area contributed by atoms with Crippen molar-refractivity contribution in [2.75, 3.05) is 5.32 Å². The third kappa shape index (κ3) is 6.52. The average Bonchev–Trinajstić information content (AvgIpc) is 2.82.